The van der Waals surface area contributed by atoms with Crippen LogP contribution in [0.1, 0.15) is 121 Å². The molecule has 0 saturated heterocycles. The Hall–Kier alpha value is -2.35. The fourth-order valence-electron chi connectivity index (χ4n) is 5.91. The third-order valence-electron chi connectivity index (χ3n) is 8.11. The number of benzene rings is 2. The second-order valence-corrected chi connectivity index (χ2v) is 10.9. The summed E-state index contributed by atoms with van der Waals surface area (Å²) in [4.78, 5) is 4.95. The fourth-order valence-corrected chi connectivity index (χ4v) is 5.91. The highest BCUT2D eigenvalue weighted by atomic mass is 15.1. The SMILES string of the molecule is CCCCCCCCCCCCCC(c1nccn1CC)C(C)(Cc1ccccc1)c1ccccc1. The molecule has 196 valence electrons. The van der Waals surface area contributed by atoms with Crippen LogP contribution in [0, 0.1) is 0 Å². The Morgan fingerprint density at radius 3 is 1.86 bits per heavy atom. The Morgan fingerprint density at radius 1 is 0.722 bits per heavy atom. The van der Waals surface area contributed by atoms with E-state index in [4.69, 9.17) is 4.98 Å². The van der Waals surface area contributed by atoms with Crippen molar-refractivity contribution in [2.45, 2.75) is 122 Å². The van der Waals surface area contributed by atoms with Gasteiger partial charge in [-0.1, -0.05) is 145 Å². The van der Waals surface area contributed by atoms with Crippen LogP contribution in [0.3, 0.4) is 0 Å². The van der Waals surface area contributed by atoms with E-state index < -0.39 is 0 Å². The standard InChI is InChI=1S/C34H50N2/c1-4-6-7-8-9-10-11-12-13-14-21-26-32(33-35-27-28-36(33)5-2)34(3,31-24-19-16-20-25-31)29-30-22-17-15-18-23-30/h15-20,22-25,27-28,32H,4-14,21,26,29H2,1-3H3. The van der Waals surface area contributed by atoms with Gasteiger partial charge in [-0.2, -0.15) is 0 Å². The van der Waals surface area contributed by atoms with E-state index >= 15 is 0 Å². The van der Waals surface area contributed by atoms with Gasteiger partial charge in [-0.05, 0) is 30.9 Å². The lowest BCUT2D eigenvalue weighted by Crippen LogP contribution is -2.35. The highest BCUT2D eigenvalue weighted by Gasteiger charge is 2.39. The summed E-state index contributed by atoms with van der Waals surface area (Å²) in [6.07, 6.45) is 21.6. The van der Waals surface area contributed by atoms with Crippen molar-refractivity contribution in [2.24, 2.45) is 0 Å². The van der Waals surface area contributed by atoms with Gasteiger partial charge >= 0.3 is 0 Å². The Balaban J connectivity index is 1.68. The summed E-state index contributed by atoms with van der Waals surface area (Å²) in [6, 6.07) is 22.2. The smallest absolute Gasteiger partial charge is 0.112 e. The molecule has 0 bridgehead atoms. The highest BCUT2D eigenvalue weighted by molar-refractivity contribution is 5.33. The zero-order valence-electron chi connectivity index (χ0n) is 23.3. The Morgan fingerprint density at radius 2 is 1.28 bits per heavy atom. The van der Waals surface area contributed by atoms with E-state index in [-0.39, 0.29) is 5.41 Å². The molecule has 0 fully saturated rings. The molecule has 0 spiro atoms. The lowest BCUT2D eigenvalue weighted by Gasteiger charge is -2.39. The lowest BCUT2D eigenvalue weighted by atomic mass is 9.66. The first-order chi connectivity index (χ1) is 17.7. The molecular formula is C34H50N2. The number of aryl methyl sites for hydroxylation is 1. The van der Waals surface area contributed by atoms with Gasteiger partial charge in [0.15, 0.2) is 0 Å². The molecule has 0 saturated carbocycles. The van der Waals surface area contributed by atoms with E-state index in [1.165, 1.54) is 94.0 Å². The minimum absolute atomic E-state index is 0.0145. The molecule has 0 radical (unpaired) electrons. The number of rotatable bonds is 18. The monoisotopic (exact) mass is 486 g/mol. The number of nitrogens with zero attached hydrogens (tertiary/aromatic N) is 2. The molecule has 0 aliphatic heterocycles. The predicted octanol–water partition coefficient (Wildman–Crippen LogP) is 9.89. The van der Waals surface area contributed by atoms with E-state index in [1.807, 2.05) is 6.20 Å². The average molecular weight is 487 g/mol. The van der Waals surface area contributed by atoms with Gasteiger partial charge in [0, 0.05) is 30.3 Å². The van der Waals surface area contributed by atoms with Crippen LogP contribution in [0.2, 0.25) is 0 Å². The van der Waals surface area contributed by atoms with E-state index in [9.17, 15) is 0 Å². The minimum Gasteiger partial charge on any atom is -0.335 e. The summed E-state index contributed by atoms with van der Waals surface area (Å²) in [5.74, 6) is 1.64. The zero-order chi connectivity index (χ0) is 25.5. The number of imidazole rings is 1. The summed E-state index contributed by atoms with van der Waals surface area (Å²) in [6.45, 7) is 7.99. The van der Waals surface area contributed by atoms with Gasteiger partial charge in [0.25, 0.3) is 0 Å². The molecule has 2 nitrogen and oxygen atoms in total. The molecule has 0 N–H and O–H groups in total. The third kappa shape index (κ3) is 8.36. The second kappa shape index (κ2) is 15.7. The van der Waals surface area contributed by atoms with Crippen molar-refractivity contribution in [3.05, 3.63) is 90.0 Å². The van der Waals surface area contributed by atoms with Gasteiger partial charge < -0.3 is 4.57 Å². The molecule has 0 amide bonds. The van der Waals surface area contributed by atoms with E-state index in [2.05, 4.69) is 92.2 Å². The number of hydrogen-bond acceptors (Lipinski definition) is 1. The summed E-state index contributed by atoms with van der Waals surface area (Å²) in [5.41, 5.74) is 2.81. The molecule has 2 aromatic carbocycles. The van der Waals surface area contributed by atoms with Crippen molar-refractivity contribution in [3.8, 4) is 0 Å². The summed E-state index contributed by atoms with van der Waals surface area (Å²) < 4.78 is 2.37. The van der Waals surface area contributed by atoms with Gasteiger partial charge in [0.2, 0.25) is 0 Å². The van der Waals surface area contributed by atoms with Crippen molar-refractivity contribution in [1.82, 2.24) is 9.55 Å². The predicted molar refractivity (Wildman–Crippen MR) is 156 cm³/mol. The first-order valence-corrected chi connectivity index (χ1v) is 14.8. The van der Waals surface area contributed by atoms with Crippen LogP contribution in [0.25, 0.3) is 0 Å². The van der Waals surface area contributed by atoms with Gasteiger partial charge in [-0.15, -0.1) is 0 Å². The van der Waals surface area contributed by atoms with Crippen LogP contribution >= 0.6 is 0 Å². The second-order valence-electron chi connectivity index (χ2n) is 10.9. The zero-order valence-corrected chi connectivity index (χ0v) is 23.3. The highest BCUT2D eigenvalue weighted by Crippen LogP contribution is 2.44. The van der Waals surface area contributed by atoms with Crippen LogP contribution in [0.4, 0.5) is 0 Å². The van der Waals surface area contributed by atoms with Crippen LogP contribution in [-0.2, 0) is 18.4 Å². The molecule has 3 aromatic rings. The molecule has 1 heterocycles. The van der Waals surface area contributed by atoms with Gasteiger partial charge in [-0.25, -0.2) is 4.98 Å². The van der Waals surface area contributed by atoms with Crippen molar-refractivity contribution >= 4 is 0 Å². The molecule has 2 heteroatoms. The molecule has 36 heavy (non-hydrogen) atoms. The first kappa shape index (κ1) is 28.2. The van der Waals surface area contributed by atoms with Crippen molar-refractivity contribution in [1.29, 1.82) is 0 Å². The lowest BCUT2D eigenvalue weighted by molar-refractivity contribution is 0.323. The fraction of sp³-hybridized carbons (Fsp3) is 0.559. The number of aromatic nitrogens is 2. The van der Waals surface area contributed by atoms with Gasteiger partial charge in [-0.3, -0.25) is 0 Å². The third-order valence-corrected chi connectivity index (χ3v) is 8.11. The quantitative estimate of drug-likeness (QED) is 0.164. The number of unbranched alkanes of at least 4 members (excludes halogenated alkanes) is 10. The average Bonchev–Trinajstić information content (AvgIpc) is 3.39. The molecule has 3 rings (SSSR count). The maximum absolute atomic E-state index is 4.95. The Labute approximate surface area is 221 Å². The van der Waals surface area contributed by atoms with Gasteiger partial charge in [0.05, 0.1) is 0 Å². The van der Waals surface area contributed by atoms with E-state index in [0.29, 0.717) is 5.92 Å². The normalized spacial score (nSPS) is 14.0. The van der Waals surface area contributed by atoms with E-state index in [0.717, 1.165) is 13.0 Å². The van der Waals surface area contributed by atoms with Crippen LogP contribution < -0.4 is 0 Å². The largest absolute Gasteiger partial charge is 0.335 e. The molecule has 2 atom stereocenters. The first-order valence-electron chi connectivity index (χ1n) is 14.8. The number of hydrogen-bond donors (Lipinski definition) is 0. The summed E-state index contributed by atoms with van der Waals surface area (Å²) in [5, 5.41) is 0. The maximum Gasteiger partial charge on any atom is 0.112 e. The molecule has 0 aliphatic rings. The van der Waals surface area contributed by atoms with Crippen molar-refractivity contribution < 1.29 is 0 Å². The Bertz CT molecular complexity index is 946. The Kier molecular flexibility index (Phi) is 12.3. The van der Waals surface area contributed by atoms with Crippen molar-refractivity contribution in [3.63, 3.8) is 0 Å². The van der Waals surface area contributed by atoms with Crippen LogP contribution in [-0.4, -0.2) is 9.55 Å². The molecule has 0 aliphatic carbocycles. The topological polar surface area (TPSA) is 17.8 Å². The molecule has 2 unspecified atom stereocenters. The van der Waals surface area contributed by atoms with Crippen molar-refractivity contribution in [2.75, 3.05) is 0 Å². The summed E-state index contributed by atoms with van der Waals surface area (Å²) >= 11 is 0. The maximum atomic E-state index is 4.95. The molecule has 1 aromatic heterocycles. The van der Waals surface area contributed by atoms with Crippen LogP contribution in [0.15, 0.2) is 73.1 Å². The minimum atomic E-state index is -0.0145. The summed E-state index contributed by atoms with van der Waals surface area (Å²) in [7, 11) is 0. The van der Waals surface area contributed by atoms with E-state index in [1.54, 1.807) is 0 Å². The molecular weight excluding hydrogens is 436 g/mol. The van der Waals surface area contributed by atoms with Gasteiger partial charge in [0.1, 0.15) is 5.82 Å². The van der Waals surface area contributed by atoms with Crippen LogP contribution in [0.5, 0.6) is 0 Å².